The van der Waals surface area contributed by atoms with E-state index in [0.717, 1.165) is 6.42 Å². The summed E-state index contributed by atoms with van der Waals surface area (Å²) in [7, 11) is -3.80. The van der Waals surface area contributed by atoms with Crippen molar-refractivity contribution in [3.63, 3.8) is 0 Å². The Labute approximate surface area is 190 Å². The van der Waals surface area contributed by atoms with Crippen LogP contribution >= 0.6 is 0 Å². The summed E-state index contributed by atoms with van der Waals surface area (Å²) in [4.78, 5) is 14.8. The molecule has 0 aliphatic carbocycles. The van der Waals surface area contributed by atoms with Crippen LogP contribution in [0.4, 0.5) is 11.4 Å². The van der Waals surface area contributed by atoms with Crippen LogP contribution in [-0.4, -0.2) is 34.1 Å². The maximum Gasteiger partial charge on any atom is 0.261 e. The van der Waals surface area contributed by atoms with E-state index >= 15 is 0 Å². The topological polar surface area (TPSA) is 84.9 Å². The van der Waals surface area contributed by atoms with Gasteiger partial charge in [-0.3, -0.25) is 9.52 Å². The number of anilines is 2. The van der Waals surface area contributed by atoms with Crippen LogP contribution in [0.25, 0.3) is 0 Å². The van der Waals surface area contributed by atoms with Gasteiger partial charge in [-0.15, -0.1) is 0 Å². The van der Waals surface area contributed by atoms with Gasteiger partial charge in [-0.1, -0.05) is 20.8 Å². The molecular formula is C24H32N2O5S. The first kappa shape index (κ1) is 23.9. The van der Waals surface area contributed by atoms with Crippen molar-refractivity contribution in [2.75, 3.05) is 29.4 Å². The molecule has 1 heterocycles. The number of hydrogen-bond acceptors (Lipinski definition) is 5. The van der Waals surface area contributed by atoms with Crippen molar-refractivity contribution in [1.82, 2.24) is 0 Å². The lowest BCUT2D eigenvalue weighted by atomic mass is 9.93. The molecule has 32 heavy (non-hydrogen) atoms. The van der Waals surface area contributed by atoms with Crippen LogP contribution in [0.3, 0.4) is 0 Å². The molecular weight excluding hydrogens is 428 g/mol. The molecule has 7 nitrogen and oxygen atoms in total. The Balaban J connectivity index is 1.83. The number of sulfonamides is 1. The van der Waals surface area contributed by atoms with Gasteiger partial charge in [0.05, 0.1) is 28.3 Å². The normalized spacial score (nSPS) is 15.7. The highest BCUT2D eigenvalue weighted by Crippen LogP contribution is 2.38. The maximum absolute atomic E-state index is 13.0. The SMILES string of the molecule is CCCN1C(=O)C(C)(C)COc2cc(NS(=O)(=O)c3ccc(OCC(C)C)cc3)ccc21. The van der Waals surface area contributed by atoms with E-state index < -0.39 is 15.4 Å². The van der Waals surface area contributed by atoms with Crippen molar-refractivity contribution >= 4 is 27.3 Å². The first-order valence-corrected chi connectivity index (χ1v) is 12.4. The van der Waals surface area contributed by atoms with E-state index in [0.29, 0.717) is 41.9 Å². The Bertz CT molecular complexity index is 1060. The molecule has 0 saturated heterocycles. The standard InChI is InChI=1S/C24H32N2O5S/c1-6-13-26-21-12-7-18(14-22(21)31-16-24(4,5)23(26)27)25-32(28,29)20-10-8-19(9-11-20)30-15-17(2)3/h7-12,14,17,25H,6,13,15-16H2,1-5H3. The van der Waals surface area contributed by atoms with E-state index in [-0.39, 0.29) is 17.4 Å². The van der Waals surface area contributed by atoms with E-state index in [9.17, 15) is 13.2 Å². The largest absolute Gasteiger partial charge is 0.493 e. The number of rotatable bonds is 8. The highest BCUT2D eigenvalue weighted by atomic mass is 32.2. The number of hydrogen-bond donors (Lipinski definition) is 1. The van der Waals surface area contributed by atoms with E-state index in [4.69, 9.17) is 9.47 Å². The van der Waals surface area contributed by atoms with Crippen molar-refractivity contribution in [3.05, 3.63) is 42.5 Å². The fraction of sp³-hybridized carbons (Fsp3) is 0.458. The van der Waals surface area contributed by atoms with Gasteiger partial charge in [0.15, 0.2) is 0 Å². The molecule has 1 aliphatic heterocycles. The van der Waals surface area contributed by atoms with Gasteiger partial charge >= 0.3 is 0 Å². The molecule has 8 heteroatoms. The number of nitrogens with one attached hydrogen (secondary N) is 1. The average Bonchev–Trinajstić information content (AvgIpc) is 2.82. The average molecular weight is 461 g/mol. The number of carbonyl (C=O) groups excluding carboxylic acids is 1. The van der Waals surface area contributed by atoms with E-state index in [1.54, 1.807) is 35.2 Å². The molecule has 2 aromatic rings. The molecule has 174 valence electrons. The van der Waals surface area contributed by atoms with Crippen LogP contribution in [0.1, 0.15) is 41.0 Å². The molecule has 0 aromatic heterocycles. The third-order valence-corrected chi connectivity index (χ3v) is 6.48. The van der Waals surface area contributed by atoms with E-state index in [1.165, 1.54) is 12.1 Å². The molecule has 0 unspecified atom stereocenters. The van der Waals surface area contributed by atoms with Gasteiger partial charge in [0, 0.05) is 12.6 Å². The highest BCUT2D eigenvalue weighted by molar-refractivity contribution is 7.92. The lowest BCUT2D eigenvalue weighted by Gasteiger charge is -2.27. The molecule has 0 bridgehead atoms. The Kier molecular flexibility index (Phi) is 7.03. The fourth-order valence-corrected chi connectivity index (χ4v) is 4.40. The summed E-state index contributed by atoms with van der Waals surface area (Å²) >= 11 is 0. The van der Waals surface area contributed by atoms with Gasteiger partial charge in [-0.25, -0.2) is 8.42 Å². The van der Waals surface area contributed by atoms with Gasteiger partial charge in [-0.2, -0.15) is 0 Å². The number of nitrogens with zero attached hydrogens (tertiary/aromatic N) is 1. The minimum absolute atomic E-state index is 0.00814. The minimum atomic E-state index is -3.80. The summed E-state index contributed by atoms with van der Waals surface area (Å²) in [6, 6.07) is 11.3. The number of carbonyl (C=O) groups is 1. The Morgan fingerprint density at radius 3 is 2.47 bits per heavy atom. The van der Waals surface area contributed by atoms with Crippen molar-refractivity contribution in [2.45, 2.75) is 45.9 Å². The summed E-state index contributed by atoms with van der Waals surface area (Å²) in [5, 5.41) is 0. The molecule has 1 N–H and O–H groups in total. The first-order chi connectivity index (χ1) is 15.0. The van der Waals surface area contributed by atoms with E-state index in [1.807, 2.05) is 34.6 Å². The van der Waals surface area contributed by atoms with Crippen LogP contribution in [0.2, 0.25) is 0 Å². The molecule has 3 rings (SSSR count). The molecule has 0 saturated carbocycles. The summed E-state index contributed by atoms with van der Waals surface area (Å²) in [6.07, 6.45) is 0.798. The molecule has 0 atom stereocenters. The molecule has 0 radical (unpaired) electrons. The fourth-order valence-electron chi connectivity index (χ4n) is 3.35. The van der Waals surface area contributed by atoms with Gasteiger partial charge in [-0.05, 0) is 62.6 Å². The van der Waals surface area contributed by atoms with Crippen LogP contribution in [0, 0.1) is 11.3 Å². The van der Waals surface area contributed by atoms with Gasteiger partial charge in [0.25, 0.3) is 10.0 Å². The zero-order chi connectivity index (χ0) is 23.5. The summed E-state index contributed by atoms with van der Waals surface area (Å²) in [5.41, 5.74) is 0.345. The van der Waals surface area contributed by atoms with Crippen molar-refractivity contribution in [1.29, 1.82) is 0 Å². The van der Waals surface area contributed by atoms with Crippen LogP contribution < -0.4 is 19.1 Å². The number of benzene rings is 2. The highest BCUT2D eigenvalue weighted by Gasteiger charge is 2.37. The predicted molar refractivity (Wildman–Crippen MR) is 126 cm³/mol. The van der Waals surface area contributed by atoms with Crippen molar-refractivity contribution < 1.29 is 22.7 Å². The van der Waals surface area contributed by atoms with Crippen LogP contribution in [0.15, 0.2) is 47.4 Å². The lowest BCUT2D eigenvalue weighted by Crippen LogP contribution is -2.42. The summed E-state index contributed by atoms with van der Waals surface area (Å²) < 4.78 is 39.9. The summed E-state index contributed by atoms with van der Waals surface area (Å²) in [6.45, 7) is 11.1. The molecule has 1 aliphatic rings. The second kappa shape index (κ2) is 9.40. The number of fused-ring (bicyclic) bond motifs is 1. The lowest BCUT2D eigenvalue weighted by molar-refractivity contribution is -0.127. The van der Waals surface area contributed by atoms with Crippen LogP contribution in [0.5, 0.6) is 11.5 Å². The summed E-state index contributed by atoms with van der Waals surface area (Å²) in [5.74, 6) is 1.48. The van der Waals surface area contributed by atoms with Gasteiger partial charge in [0.1, 0.15) is 18.1 Å². The Hall–Kier alpha value is -2.74. The maximum atomic E-state index is 13.0. The second-order valence-electron chi connectivity index (χ2n) is 9.09. The monoisotopic (exact) mass is 460 g/mol. The Morgan fingerprint density at radius 1 is 1.16 bits per heavy atom. The molecule has 0 fully saturated rings. The Morgan fingerprint density at radius 2 is 1.84 bits per heavy atom. The van der Waals surface area contributed by atoms with Crippen molar-refractivity contribution in [2.24, 2.45) is 11.3 Å². The zero-order valence-corrected chi connectivity index (χ0v) is 20.2. The molecule has 1 amide bonds. The minimum Gasteiger partial charge on any atom is -0.493 e. The third kappa shape index (κ3) is 5.35. The van der Waals surface area contributed by atoms with Crippen molar-refractivity contribution in [3.8, 4) is 11.5 Å². The van der Waals surface area contributed by atoms with Gasteiger partial charge in [0.2, 0.25) is 5.91 Å². The number of ether oxygens (including phenoxy) is 2. The molecule has 0 spiro atoms. The quantitative estimate of drug-likeness (QED) is 0.618. The third-order valence-electron chi connectivity index (χ3n) is 5.08. The molecule has 2 aromatic carbocycles. The first-order valence-electron chi connectivity index (χ1n) is 10.9. The van der Waals surface area contributed by atoms with Crippen LogP contribution in [-0.2, 0) is 14.8 Å². The second-order valence-corrected chi connectivity index (χ2v) is 10.8. The number of amides is 1. The van der Waals surface area contributed by atoms with E-state index in [2.05, 4.69) is 4.72 Å². The van der Waals surface area contributed by atoms with Gasteiger partial charge < -0.3 is 14.4 Å². The predicted octanol–water partition coefficient (Wildman–Crippen LogP) is 4.68. The smallest absolute Gasteiger partial charge is 0.261 e. The zero-order valence-electron chi connectivity index (χ0n) is 19.3.